The highest BCUT2D eigenvalue weighted by Crippen LogP contribution is 2.33. The predicted molar refractivity (Wildman–Crippen MR) is 78.5 cm³/mol. The van der Waals surface area contributed by atoms with Crippen molar-refractivity contribution in [3.8, 4) is 11.5 Å². The van der Waals surface area contributed by atoms with E-state index >= 15 is 0 Å². The lowest BCUT2D eigenvalue weighted by Crippen LogP contribution is -2.60. The monoisotopic (exact) mass is 340 g/mol. The van der Waals surface area contributed by atoms with Crippen LogP contribution in [0.4, 0.5) is 0 Å². The highest BCUT2D eigenvalue weighted by molar-refractivity contribution is 5.80. The average molecular weight is 340 g/mol. The maximum atomic E-state index is 11.2. The van der Waals surface area contributed by atoms with Gasteiger partial charge in [-0.05, 0) is 12.1 Å². The molecule has 5 atom stereocenters. The number of ether oxygens (including phenoxy) is 2. The molecule has 0 aliphatic carbocycles. The second-order valence-corrected chi connectivity index (χ2v) is 5.43. The van der Waals surface area contributed by atoms with E-state index in [9.17, 15) is 25.2 Å². The first-order valence-corrected chi connectivity index (χ1v) is 7.15. The van der Waals surface area contributed by atoms with Gasteiger partial charge in [-0.1, -0.05) is 0 Å². The summed E-state index contributed by atoms with van der Waals surface area (Å²) < 4.78 is 15.5. The van der Waals surface area contributed by atoms with Gasteiger partial charge in [0.25, 0.3) is 0 Å². The summed E-state index contributed by atoms with van der Waals surface area (Å²) in [6, 6.07) is 5.17. The highest BCUT2D eigenvalue weighted by Gasteiger charge is 2.44. The van der Waals surface area contributed by atoms with Gasteiger partial charge in [0.1, 0.15) is 30.0 Å². The van der Waals surface area contributed by atoms with Crippen LogP contribution in [0, 0.1) is 0 Å². The predicted octanol–water partition coefficient (Wildman–Crippen LogP) is -1.32. The van der Waals surface area contributed by atoms with Gasteiger partial charge in [-0.15, -0.1) is 0 Å². The van der Waals surface area contributed by atoms with E-state index in [-0.39, 0.29) is 17.1 Å². The van der Waals surface area contributed by atoms with Crippen molar-refractivity contribution in [2.45, 2.75) is 30.7 Å². The first kappa shape index (κ1) is 16.7. The summed E-state index contributed by atoms with van der Waals surface area (Å²) in [7, 11) is 0. The van der Waals surface area contributed by atoms with Crippen LogP contribution in [-0.4, -0.2) is 62.8 Å². The first-order valence-electron chi connectivity index (χ1n) is 7.15. The summed E-state index contributed by atoms with van der Waals surface area (Å²) in [4.78, 5) is 11.2. The van der Waals surface area contributed by atoms with Crippen LogP contribution in [0.5, 0.6) is 11.5 Å². The summed E-state index contributed by atoms with van der Waals surface area (Å²) in [5, 5.41) is 49.0. The van der Waals surface area contributed by atoms with Crippen LogP contribution in [0.15, 0.2) is 33.5 Å². The number of benzene rings is 1. The summed E-state index contributed by atoms with van der Waals surface area (Å²) in [6.07, 6.45) is -7.27. The Morgan fingerprint density at radius 3 is 2.54 bits per heavy atom. The van der Waals surface area contributed by atoms with Gasteiger partial charge in [0, 0.05) is 17.5 Å². The van der Waals surface area contributed by atoms with E-state index in [2.05, 4.69) is 0 Å². The van der Waals surface area contributed by atoms with E-state index in [1.165, 1.54) is 18.2 Å². The SMILES string of the molecule is O=c1ccc2cc(O[C@@H]3O[C@H](CO)[C@@H](O)[C@@H](O)[C@@H]3O)c(O)cc2o1. The Morgan fingerprint density at radius 1 is 1.08 bits per heavy atom. The first-order chi connectivity index (χ1) is 11.4. The minimum atomic E-state index is -1.60. The van der Waals surface area contributed by atoms with Crippen molar-refractivity contribution < 1.29 is 39.4 Å². The van der Waals surface area contributed by atoms with Crippen molar-refractivity contribution in [1.29, 1.82) is 0 Å². The zero-order valence-electron chi connectivity index (χ0n) is 12.3. The topological polar surface area (TPSA) is 150 Å². The Labute approximate surface area is 134 Å². The molecular formula is C15H16O9. The molecule has 1 aliphatic heterocycles. The minimum Gasteiger partial charge on any atom is -0.504 e. The lowest BCUT2D eigenvalue weighted by Gasteiger charge is -2.39. The molecule has 0 bridgehead atoms. The van der Waals surface area contributed by atoms with Crippen LogP contribution in [0.2, 0.25) is 0 Å². The molecule has 2 heterocycles. The Morgan fingerprint density at radius 2 is 1.83 bits per heavy atom. The smallest absolute Gasteiger partial charge is 0.336 e. The number of aliphatic hydroxyl groups is 4. The van der Waals surface area contributed by atoms with Crippen LogP contribution in [0.3, 0.4) is 0 Å². The van der Waals surface area contributed by atoms with Crippen molar-refractivity contribution in [2.75, 3.05) is 6.61 Å². The third kappa shape index (κ3) is 2.95. The van der Waals surface area contributed by atoms with E-state index < -0.39 is 42.9 Å². The lowest BCUT2D eigenvalue weighted by molar-refractivity contribution is -0.277. The number of hydrogen-bond acceptors (Lipinski definition) is 9. The average Bonchev–Trinajstić information content (AvgIpc) is 2.56. The van der Waals surface area contributed by atoms with Crippen LogP contribution in [-0.2, 0) is 4.74 Å². The van der Waals surface area contributed by atoms with Gasteiger partial charge < -0.3 is 39.4 Å². The Kier molecular flexibility index (Phi) is 4.43. The van der Waals surface area contributed by atoms with Crippen LogP contribution in [0.25, 0.3) is 11.0 Å². The van der Waals surface area contributed by atoms with Gasteiger partial charge >= 0.3 is 5.63 Å². The van der Waals surface area contributed by atoms with Crippen molar-refractivity contribution in [1.82, 2.24) is 0 Å². The molecule has 0 spiro atoms. The number of aromatic hydroxyl groups is 1. The highest BCUT2D eigenvalue weighted by atomic mass is 16.7. The second-order valence-electron chi connectivity index (χ2n) is 5.43. The molecule has 0 radical (unpaired) electrons. The van der Waals surface area contributed by atoms with Gasteiger partial charge in [-0.3, -0.25) is 0 Å². The van der Waals surface area contributed by atoms with Crippen molar-refractivity contribution in [3.05, 3.63) is 34.7 Å². The third-order valence-electron chi connectivity index (χ3n) is 3.79. The van der Waals surface area contributed by atoms with Crippen molar-refractivity contribution in [2.24, 2.45) is 0 Å². The molecule has 1 saturated heterocycles. The van der Waals surface area contributed by atoms with Gasteiger partial charge in [-0.2, -0.15) is 0 Å². The lowest BCUT2D eigenvalue weighted by atomic mass is 9.99. The standard InChI is InChI=1S/C15H16O9/c16-5-10-12(19)13(20)14(21)15(24-10)23-9-3-6-1-2-11(18)22-8(6)4-7(9)17/h1-4,10,12-17,19-21H,5H2/t10-,12-,13-,14+,15-/m1/s1. The maximum absolute atomic E-state index is 11.2. The molecule has 3 rings (SSSR count). The molecule has 0 saturated carbocycles. The normalized spacial score (nSPS) is 30.4. The number of phenolic OH excluding ortho intramolecular Hbond substituents is 1. The molecule has 1 aliphatic rings. The summed E-state index contributed by atoms with van der Waals surface area (Å²) >= 11 is 0. The van der Waals surface area contributed by atoms with Crippen LogP contribution >= 0.6 is 0 Å². The molecule has 0 unspecified atom stereocenters. The molecule has 9 heteroatoms. The zero-order valence-corrected chi connectivity index (χ0v) is 12.3. The Balaban J connectivity index is 1.89. The molecule has 1 aromatic carbocycles. The molecular weight excluding hydrogens is 324 g/mol. The number of fused-ring (bicyclic) bond motifs is 1. The van der Waals surface area contributed by atoms with Gasteiger partial charge in [0.2, 0.25) is 6.29 Å². The third-order valence-corrected chi connectivity index (χ3v) is 3.79. The molecule has 0 amide bonds. The number of phenols is 1. The Hall–Kier alpha value is -2.17. The van der Waals surface area contributed by atoms with E-state index in [0.29, 0.717) is 5.39 Å². The quantitative estimate of drug-likeness (QED) is 0.429. The molecule has 2 aromatic rings. The Bertz CT molecular complexity index is 784. The van der Waals surface area contributed by atoms with Gasteiger partial charge in [0.15, 0.2) is 11.5 Å². The summed E-state index contributed by atoms with van der Waals surface area (Å²) in [5.74, 6) is -0.477. The van der Waals surface area contributed by atoms with E-state index in [1.807, 2.05) is 0 Å². The van der Waals surface area contributed by atoms with E-state index in [4.69, 9.17) is 19.0 Å². The molecule has 1 fully saturated rings. The number of hydrogen-bond donors (Lipinski definition) is 5. The molecule has 1 aromatic heterocycles. The maximum Gasteiger partial charge on any atom is 0.336 e. The minimum absolute atomic E-state index is 0.0966. The van der Waals surface area contributed by atoms with Gasteiger partial charge in [0.05, 0.1) is 6.61 Å². The molecule has 5 N–H and O–H groups in total. The van der Waals surface area contributed by atoms with Crippen LogP contribution in [0.1, 0.15) is 0 Å². The van der Waals surface area contributed by atoms with Crippen LogP contribution < -0.4 is 10.4 Å². The van der Waals surface area contributed by atoms with Gasteiger partial charge in [-0.25, -0.2) is 4.79 Å². The fourth-order valence-corrected chi connectivity index (χ4v) is 2.47. The molecule has 24 heavy (non-hydrogen) atoms. The van der Waals surface area contributed by atoms with E-state index in [1.54, 1.807) is 0 Å². The molecule has 9 nitrogen and oxygen atoms in total. The second kappa shape index (κ2) is 6.38. The summed E-state index contributed by atoms with van der Waals surface area (Å²) in [6.45, 7) is -0.598. The molecule has 130 valence electrons. The van der Waals surface area contributed by atoms with Crippen molar-refractivity contribution in [3.63, 3.8) is 0 Å². The zero-order chi connectivity index (χ0) is 17.4. The number of rotatable bonds is 3. The largest absolute Gasteiger partial charge is 0.504 e. The number of aliphatic hydroxyl groups excluding tert-OH is 4. The summed E-state index contributed by atoms with van der Waals surface area (Å²) in [5.41, 5.74) is -0.439. The fourth-order valence-electron chi connectivity index (χ4n) is 2.47. The van der Waals surface area contributed by atoms with E-state index in [0.717, 1.165) is 6.07 Å². The fraction of sp³-hybridized carbons (Fsp3) is 0.400. The van der Waals surface area contributed by atoms with Crippen molar-refractivity contribution >= 4 is 11.0 Å².